The molecule has 0 amide bonds. The van der Waals surface area contributed by atoms with E-state index >= 15 is 0 Å². The molecular formula is C8H11N5O2S2. The minimum Gasteiger partial charge on any atom is -0.326 e. The van der Waals surface area contributed by atoms with Crippen LogP contribution in [-0.4, -0.2) is 23.2 Å². The van der Waals surface area contributed by atoms with Crippen molar-refractivity contribution < 1.29 is 8.42 Å². The summed E-state index contributed by atoms with van der Waals surface area (Å²) < 4.78 is 27.8. The van der Waals surface area contributed by atoms with E-state index in [-0.39, 0.29) is 10.2 Å². The van der Waals surface area contributed by atoms with Crippen LogP contribution in [0.15, 0.2) is 22.7 Å². The fourth-order valence-electron chi connectivity index (χ4n) is 1.17. The number of sulfonamides is 1. The van der Waals surface area contributed by atoms with Gasteiger partial charge in [-0.3, -0.25) is 0 Å². The summed E-state index contributed by atoms with van der Waals surface area (Å²) in [5.74, 6) is 0.174. The van der Waals surface area contributed by atoms with Crippen LogP contribution >= 0.6 is 11.3 Å². The Morgan fingerprint density at radius 1 is 1.53 bits per heavy atom. The van der Waals surface area contributed by atoms with Crippen molar-refractivity contribution in [3.63, 3.8) is 0 Å². The number of hydrogen-bond acceptors (Lipinski definition) is 6. The molecule has 0 aliphatic carbocycles. The molecule has 2 aromatic rings. The van der Waals surface area contributed by atoms with E-state index in [0.29, 0.717) is 6.54 Å². The highest BCUT2D eigenvalue weighted by Gasteiger charge is 2.18. The molecule has 3 N–H and O–H groups in total. The van der Waals surface area contributed by atoms with Gasteiger partial charge in [0.05, 0.1) is 0 Å². The molecule has 17 heavy (non-hydrogen) atoms. The summed E-state index contributed by atoms with van der Waals surface area (Å²) in [6.45, 7) is 0.324. The zero-order valence-corrected chi connectivity index (χ0v) is 10.6. The van der Waals surface area contributed by atoms with Gasteiger partial charge < -0.3 is 5.73 Å². The van der Waals surface area contributed by atoms with E-state index in [2.05, 4.69) is 14.8 Å². The van der Waals surface area contributed by atoms with Crippen LogP contribution in [0.3, 0.4) is 0 Å². The fraction of sp³-hybridized carbons (Fsp3) is 0.250. The van der Waals surface area contributed by atoms with Crippen LogP contribution in [0.25, 0.3) is 0 Å². The van der Waals surface area contributed by atoms with Gasteiger partial charge >= 0.3 is 0 Å². The number of aromatic nitrogens is 3. The van der Waals surface area contributed by atoms with Crippen molar-refractivity contribution in [3.05, 3.63) is 23.3 Å². The Bertz CT molecular complexity index is 615. The molecular weight excluding hydrogens is 262 g/mol. The standard InChI is InChI=1S/C8H11N5O2S2/c1-13-8(10-5-11-13)12-17(14,15)7-3-2-6(4-9)16-7/h2-3,5H,4,9H2,1H3,(H,10,11,12). The first kappa shape index (κ1) is 12.0. The molecule has 9 heteroatoms. The summed E-state index contributed by atoms with van der Waals surface area (Å²) in [6.07, 6.45) is 1.28. The normalized spacial score (nSPS) is 11.6. The van der Waals surface area contributed by atoms with E-state index in [0.717, 1.165) is 16.2 Å². The molecule has 0 saturated carbocycles. The molecule has 0 atom stereocenters. The molecule has 0 spiro atoms. The van der Waals surface area contributed by atoms with Crippen LogP contribution in [-0.2, 0) is 23.6 Å². The van der Waals surface area contributed by atoms with E-state index in [1.165, 1.54) is 17.1 Å². The second-order valence-corrected chi connectivity index (χ2v) is 6.32. The van der Waals surface area contributed by atoms with Crippen LogP contribution in [0, 0.1) is 0 Å². The van der Waals surface area contributed by atoms with Gasteiger partial charge in [-0.25, -0.2) is 17.8 Å². The highest BCUT2D eigenvalue weighted by Crippen LogP contribution is 2.22. The number of anilines is 1. The third-order valence-corrected chi connectivity index (χ3v) is 4.97. The molecule has 0 unspecified atom stereocenters. The molecule has 0 radical (unpaired) electrons. The summed E-state index contributed by atoms with van der Waals surface area (Å²) in [5, 5.41) is 3.78. The minimum atomic E-state index is -3.61. The summed E-state index contributed by atoms with van der Waals surface area (Å²) in [6, 6.07) is 3.21. The maximum atomic E-state index is 12.0. The summed E-state index contributed by atoms with van der Waals surface area (Å²) in [7, 11) is -2.00. The lowest BCUT2D eigenvalue weighted by Gasteiger charge is -2.03. The lowest BCUT2D eigenvalue weighted by Crippen LogP contribution is -2.15. The SMILES string of the molecule is Cn1ncnc1NS(=O)(=O)c1ccc(CN)s1. The number of hydrogen-bond donors (Lipinski definition) is 2. The fourth-order valence-corrected chi connectivity index (χ4v) is 3.44. The second-order valence-electron chi connectivity index (χ2n) is 3.24. The van der Waals surface area contributed by atoms with Crippen molar-refractivity contribution in [2.24, 2.45) is 12.8 Å². The average molecular weight is 273 g/mol. The third-order valence-electron chi connectivity index (χ3n) is 2.04. The monoisotopic (exact) mass is 273 g/mol. The molecule has 0 aliphatic rings. The largest absolute Gasteiger partial charge is 0.326 e. The minimum absolute atomic E-state index is 0.174. The van der Waals surface area contributed by atoms with Crippen LogP contribution in [0.2, 0.25) is 0 Å². The first-order valence-corrected chi connectivity index (χ1v) is 6.98. The van der Waals surface area contributed by atoms with Crippen molar-refractivity contribution in [3.8, 4) is 0 Å². The van der Waals surface area contributed by atoms with Crippen molar-refractivity contribution in [2.45, 2.75) is 10.8 Å². The first-order valence-electron chi connectivity index (χ1n) is 4.68. The molecule has 0 bridgehead atoms. The number of rotatable bonds is 4. The Labute approximate surface area is 102 Å². The zero-order valence-electron chi connectivity index (χ0n) is 8.99. The first-order chi connectivity index (χ1) is 8.03. The van der Waals surface area contributed by atoms with Crippen molar-refractivity contribution in [2.75, 3.05) is 4.72 Å². The van der Waals surface area contributed by atoms with Gasteiger partial charge in [0.15, 0.2) is 0 Å². The van der Waals surface area contributed by atoms with Crippen molar-refractivity contribution >= 4 is 27.3 Å². The highest BCUT2D eigenvalue weighted by molar-refractivity contribution is 7.94. The average Bonchev–Trinajstić information content (AvgIpc) is 2.88. The third kappa shape index (κ3) is 2.46. The molecule has 2 heterocycles. The lowest BCUT2D eigenvalue weighted by molar-refractivity contribution is 0.602. The van der Waals surface area contributed by atoms with Gasteiger partial charge in [0.25, 0.3) is 10.0 Å². The summed E-state index contributed by atoms with van der Waals surface area (Å²) >= 11 is 1.13. The molecule has 0 aliphatic heterocycles. The smallest absolute Gasteiger partial charge is 0.273 e. The number of aryl methyl sites for hydroxylation is 1. The van der Waals surface area contributed by atoms with Crippen LogP contribution < -0.4 is 10.5 Å². The predicted octanol–water partition coefficient (Wildman–Crippen LogP) is 0.136. The number of nitrogens with two attached hydrogens (primary N) is 1. The molecule has 7 nitrogen and oxygen atoms in total. The van der Waals surface area contributed by atoms with Gasteiger partial charge in [-0.05, 0) is 12.1 Å². The molecule has 92 valence electrons. The van der Waals surface area contributed by atoms with Crippen LogP contribution in [0.4, 0.5) is 5.95 Å². The Hall–Kier alpha value is -1.45. The van der Waals surface area contributed by atoms with Crippen molar-refractivity contribution in [1.82, 2.24) is 14.8 Å². The Morgan fingerprint density at radius 2 is 2.29 bits per heavy atom. The molecule has 0 aromatic carbocycles. The number of nitrogens with one attached hydrogen (secondary N) is 1. The van der Waals surface area contributed by atoms with E-state index in [1.807, 2.05) is 0 Å². The van der Waals surface area contributed by atoms with Crippen molar-refractivity contribution in [1.29, 1.82) is 0 Å². The number of nitrogens with zero attached hydrogens (tertiary/aromatic N) is 3. The van der Waals surface area contributed by atoms with Gasteiger partial charge in [-0.15, -0.1) is 11.3 Å². The van der Waals surface area contributed by atoms with Gasteiger partial charge in [0, 0.05) is 18.5 Å². The van der Waals surface area contributed by atoms with Gasteiger partial charge in [0.2, 0.25) is 5.95 Å². The zero-order chi connectivity index (χ0) is 12.5. The summed E-state index contributed by atoms with van der Waals surface area (Å²) in [4.78, 5) is 4.60. The molecule has 0 saturated heterocycles. The Kier molecular flexibility index (Phi) is 3.13. The Morgan fingerprint density at radius 3 is 2.82 bits per heavy atom. The highest BCUT2D eigenvalue weighted by atomic mass is 32.2. The van der Waals surface area contributed by atoms with Gasteiger partial charge in [-0.2, -0.15) is 10.1 Å². The van der Waals surface area contributed by atoms with Gasteiger partial charge in [-0.1, -0.05) is 0 Å². The van der Waals surface area contributed by atoms with Gasteiger partial charge in [0.1, 0.15) is 10.5 Å². The topological polar surface area (TPSA) is 103 Å². The second kappa shape index (κ2) is 4.43. The Balaban J connectivity index is 2.28. The molecule has 2 rings (SSSR count). The predicted molar refractivity (Wildman–Crippen MR) is 64.0 cm³/mol. The van der Waals surface area contributed by atoms with Crippen LogP contribution in [0.1, 0.15) is 4.88 Å². The summed E-state index contributed by atoms with van der Waals surface area (Å²) in [5.41, 5.74) is 5.44. The lowest BCUT2D eigenvalue weighted by atomic mass is 10.5. The van der Waals surface area contributed by atoms with E-state index in [4.69, 9.17) is 5.73 Å². The quantitative estimate of drug-likeness (QED) is 0.824. The maximum absolute atomic E-state index is 12.0. The molecule has 2 aromatic heterocycles. The maximum Gasteiger partial charge on any atom is 0.273 e. The van der Waals surface area contributed by atoms with E-state index < -0.39 is 10.0 Å². The number of thiophene rings is 1. The van der Waals surface area contributed by atoms with Crippen LogP contribution in [0.5, 0.6) is 0 Å². The molecule has 0 fully saturated rings. The van der Waals surface area contributed by atoms with E-state index in [1.54, 1.807) is 13.1 Å². The van der Waals surface area contributed by atoms with E-state index in [9.17, 15) is 8.42 Å².